The third kappa shape index (κ3) is 268. The molecule has 0 aromatic carbocycles. The molecule has 56 valence electrons. The molecule has 0 amide bonds. The van der Waals surface area contributed by atoms with Crippen molar-refractivity contribution in [2.24, 2.45) is 0 Å². The van der Waals surface area contributed by atoms with Gasteiger partial charge in [-0.05, 0) is 0 Å². The van der Waals surface area contributed by atoms with Crippen LogP contribution in [0, 0.1) is 0 Å². The van der Waals surface area contributed by atoms with Crippen molar-refractivity contribution in [3.63, 3.8) is 0 Å². The zero-order valence-corrected chi connectivity index (χ0v) is 14.6. The van der Waals surface area contributed by atoms with E-state index in [4.69, 9.17) is 28.7 Å². The SMILES string of the molecule is O=[P+]([O-])[O-].O=[P+]([O-])[O-].[SnH2+2].[SnH2+2]. The Balaban J connectivity index is -0.0000000300. The average molecular weight is 399 g/mol. The van der Waals surface area contributed by atoms with Gasteiger partial charge in [-0.15, -0.1) is 0 Å². The van der Waals surface area contributed by atoms with Crippen LogP contribution in [0.4, 0.5) is 0 Å². The molecule has 0 fully saturated rings. The first kappa shape index (κ1) is 22.6. The Morgan fingerprint density at radius 1 is 0.700 bits per heavy atom. The van der Waals surface area contributed by atoms with Crippen LogP contribution in [-0.2, 0) is 9.13 Å². The van der Waals surface area contributed by atoms with Crippen molar-refractivity contribution in [3.05, 3.63) is 0 Å². The molecule has 0 radical (unpaired) electrons. The van der Waals surface area contributed by atoms with Crippen LogP contribution < -0.4 is 19.6 Å². The standard InChI is InChI=1S/2HO3P.2Sn.4H/c2*1-4(2)3;;;;;;/h2*(H,1,2,3);;;;;;/q;;2*+2;;;;/p-2. The van der Waals surface area contributed by atoms with Gasteiger partial charge in [0.25, 0.3) is 16.5 Å². The Morgan fingerprint density at radius 3 is 0.700 bits per heavy atom. The van der Waals surface area contributed by atoms with Crippen molar-refractivity contribution in [3.8, 4) is 0 Å². The van der Waals surface area contributed by atoms with E-state index >= 15 is 0 Å². The molecule has 0 atom stereocenters. The third-order valence-corrected chi connectivity index (χ3v) is 0. The minimum absolute atomic E-state index is 0. The fraction of sp³-hybridized carbons (Fsp3) is 0. The first-order valence-corrected chi connectivity index (χ1v) is 3.29. The molecule has 6 nitrogen and oxygen atoms in total. The fourth-order valence-corrected chi connectivity index (χ4v) is 0. The minimum atomic E-state index is -3.37. The zero-order chi connectivity index (χ0) is 7.15. The second kappa shape index (κ2) is 16.9. The number of rotatable bonds is 0. The molecule has 10 heteroatoms. The van der Waals surface area contributed by atoms with Gasteiger partial charge in [0.15, 0.2) is 0 Å². The summed E-state index contributed by atoms with van der Waals surface area (Å²) in [5.74, 6) is 0. The van der Waals surface area contributed by atoms with E-state index in [0.717, 1.165) is 0 Å². The summed E-state index contributed by atoms with van der Waals surface area (Å²) in [5, 5.41) is 0. The van der Waals surface area contributed by atoms with Gasteiger partial charge in [0.1, 0.15) is 0 Å². The first-order valence-electron chi connectivity index (χ1n) is 1.10. The molecule has 0 rings (SSSR count). The number of hydrogen-bond donors (Lipinski definition) is 0. The van der Waals surface area contributed by atoms with E-state index in [-0.39, 0.29) is 47.8 Å². The van der Waals surface area contributed by atoms with E-state index in [1.54, 1.807) is 0 Å². The van der Waals surface area contributed by atoms with Gasteiger partial charge >= 0.3 is 47.8 Å². The van der Waals surface area contributed by atoms with Gasteiger partial charge in [-0.25, -0.2) is 0 Å². The summed E-state index contributed by atoms with van der Waals surface area (Å²) in [6.07, 6.45) is 0. The molecule has 0 spiro atoms. The molecule has 0 aromatic heterocycles. The maximum absolute atomic E-state index is 8.48. The van der Waals surface area contributed by atoms with Gasteiger partial charge in [0.05, 0.1) is 0 Å². The van der Waals surface area contributed by atoms with Crippen LogP contribution in [0.15, 0.2) is 0 Å². The molecular formula is H4O6P2Sn2+2. The molecule has 0 aromatic rings. The predicted octanol–water partition coefficient (Wildman–Crippen LogP) is -5.10. The molecule has 0 aliphatic heterocycles. The molecule has 0 saturated heterocycles. The molecule has 0 aliphatic rings. The summed E-state index contributed by atoms with van der Waals surface area (Å²) in [4.78, 5) is 33.9. The van der Waals surface area contributed by atoms with Gasteiger partial charge in [-0.2, -0.15) is 0 Å². The monoisotopic (exact) mass is 402 g/mol. The van der Waals surface area contributed by atoms with Gasteiger partial charge in [0, 0.05) is 0 Å². The van der Waals surface area contributed by atoms with Gasteiger partial charge in [-0.3, -0.25) is 0 Å². The van der Waals surface area contributed by atoms with Crippen LogP contribution in [0.1, 0.15) is 0 Å². The molecular weight excluding hydrogens is 395 g/mol. The summed E-state index contributed by atoms with van der Waals surface area (Å²) in [7, 11) is -6.74. The van der Waals surface area contributed by atoms with Crippen molar-refractivity contribution < 1.29 is 28.7 Å². The molecule has 10 heavy (non-hydrogen) atoms. The average Bonchev–Trinajstić information content (AvgIpc) is 1.25. The van der Waals surface area contributed by atoms with Crippen LogP contribution >= 0.6 is 16.5 Å². The van der Waals surface area contributed by atoms with Crippen molar-refractivity contribution in [1.82, 2.24) is 0 Å². The quantitative estimate of drug-likeness (QED) is 0.296. The Morgan fingerprint density at radius 2 is 0.700 bits per heavy atom. The summed E-state index contributed by atoms with van der Waals surface area (Å²) < 4.78 is 17.0. The van der Waals surface area contributed by atoms with Gasteiger partial charge in [-0.1, -0.05) is 9.13 Å². The van der Waals surface area contributed by atoms with Gasteiger partial charge in [0.2, 0.25) is 0 Å². The molecule has 0 heterocycles. The summed E-state index contributed by atoms with van der Waals surface area (Å²) >= 11 is 0. The first-order chi connectivity index (χ1) is 3.46. The van der Waals surface area contributed by atoms with Crippen molar-refractivity contribution in [2.75, 3.05) is 0 Å². The summed E-state index contributed by atoms with van der Waals surface area (Å²) in [5.41, 5.74) is 0. The Kier molecular flexibility index (Phi) is 38.2. The molecule has 0 N–H and O–H groups in total. The third-order valence-electron chi connectivity index (χ3n) is 0. The molecule has 0 saturated carbocycles. The van der Waals surface area contributed by atoms with Crippen molar-refractivity contribution in [2.45, 2.75) is 0 Å². The van der Waals surface area contributed by atoms with Crippen molar-refractivity contribution >= 4 is 64.3 Å². The van der Waals surface area contributed by atoms with E-state index in [9.17, 15) is 0 Å². The topological polar surface area (TPSA) is 126 Å². The van der Waals surface area contributed by atoms with E-state index in [1.165, 1.54) is 0 Å². The fourth-order valence-electron chi connectivity index (χ4n) is 0. The van der Waals surface area contributed by atoms with Crippen LogP contribution in [0.5, 0.6) is 0 Å². The maximum atomic E-state index is 8.48. The van der Waals surface area contributed by atoms with Crippen molar-refractivity contribution in [1.29, 1.82) is 0 Å². The van der Waals surface area contributed by atoms with Crippen LogP contribution in [0.3, 0.4) is 0 Å². The summed E-state index contributed by atoms with van der Waals surface area (Å²) in [6.45, 7) is 0. The second-order valence-electron chi connectivity index (χ2n) is 0.447. The summed E-state index contributed by atoms with van der Waals surface area (Å²) in [6, 6.07) is 0. The molecule has 0 unspecified atom stereocenters. The van der Waals surface area contributed by atoms with Crippen LogP contribution in [0.2, 0.25) is 0 Å². The van der Waals surface area contributed by atoms with Gasteiger partial charge < -0.3 is 19.6 Å². The van der Waals surface area contributed by atoms with E-state index < -0.39 is 16.5 Å². The normalized spacial score (nSPS) is 5.20. The Hall–Kier alpha value is 1.64. The Bertz CT molecular complexity index is 71.7. The number of hydrogen-bond acceptors (Lipinski definition) is 6. The van der Waals surface area contributed by atoms with E-state index in [1.807, 2.05) is 0 Å². The van der Waals surface area contributed by atoms with E-state index in [0.29, 0.717) is 0 Å². The molecule has 0 bridgehead atoms. The predicted molar refractivity (Wildman–Crippen MR) is 32.3 cm³/mol. The van der Waals surface area contributed by atoms with Crippen LogP contribution in [-0.4, -0.2) is 47.8 Å². The van der Waals surface area contributed by atoms with E-state index in [2.05, 4.69) is 0 Å². The Labute approximate surface area is 92.5 Å². The van der Waals surface area contributed by atoms with Crippen LogP contribution in [0.25, 0.3) is 0 Å². The zero-order valence-electron chi connectivity index (χ0n) is 4.76. The molecule has 0 aliphatic carbocycles. The second-order valence-corrected chi connectivity index (χ2v) is 1.34.